The molecule has 24 heavy (non-hydrogen) atoms. The molecule has 1 heterocycles. The summed E-state index contributed by atoms with van der Waals surface area (Å²) in [6.07, 6.45) is 2.75. The largest absolute Gasteiger partial charge is 0.493 e. The van der Waals surface area contributed by atoms with E-state index in [4.69, 9.17) is 9.84 Å². The van der Waals surface area contributed by atoms with Crippen LogP contribution in [0.3, 0.4) is 0 Å². The van der Waals surface area contributed by atoms with Gasteiger partial charge in [-0.15, -0.1) is 11.3 Å². The Kier molecular flexibility index (Phi) is 7.28. The number of nitrogens with one attached hydrogen (secondary N) is 1. The molecule has 0 saturated carbocycles. The maximum atomic E-state index is 10.8. The van der Waals surface area contributed by atoms with E-state index in [-0.39, 0.29) is 6.42 Å². The molecule has 0 saturated heterocycles. The number of hydrogen-bond acceptors (Lipinski definition) is 4. The molecule has 0 aliphatic heterocycles. The first kappa shape index (κ1) is 18.5. The van der Waals surface area contributed by atoms with Crippen molar-refractivity contribution >= 4 is 17.3 Å². The van der Waals surface area contributed by atoms with Crippen molar-refractivity contribution in [2.75, 3.05) is 13.7 Å². The molecule has 2 N–H and O–H groups in total. The molecule has 0 aliphatic carbocycles. The van der Waals surface area contributed by atoms with Crippen molar-refractivity contribution in [2.45, 2.75) is 39.2 Å². The van der Waals surface area contributed by atoms with Gasteiger partial charge in [0.05, 0.1) is 6.61 Å². The maximum Gasteiger partial charge on any atom is 0.303 e. The van der Waals surface area contributed by atoms with Gasteiger partial charge in [0.15, 0.2) is 0 Å². The Morgan fingerprint density at radius 2 is 2.17 bits per heavy atom. The van der Waals surface area contributed by atoms with E-state index in [9.17, 15) is 4.79 Å². The summed E-state index contributed by atoms with van der Waals surface area (Å²) in [6.45, 7) is 3.67. The topological polar surface area (TPSA) is 58.6 Å². The van der Waals surface area contributed by atoms with Gasteiger partial charge in [0.2, 0.25) is 0 Å². The van der Waals surface area contributed by atoms with Crippen LogP contribution >= 0.6 is 11.3 Å². The third-order valence-corrected chi connectivity index (χ3v) is 4.68. The van der Waals surface area contributed by atoms with Crippen molar-refractivity contribution in [1.29, 1.82) is 0 Å². The number of carboxylic acid groups (broad SMARTS) is 1. The Balaban J connectivity index is 2.24. The van der Waals surface area contributed by atoms with Gasteiger partial charge in [-0.2, -0.15) is 0 Å². The van der Waals surface area contributed by atoms with Gasteiger partial charge < -0.3 is 15.2 Å². The predicted molar refractivity (Wildman–Crippen MR) is 98.9 cm³/mol. The molecule has 2 aromatic rings. The molecular weight excluding hydrogens is 322 g/mol. The standard InChI is InChI=1S/C19H25NO3S/c1-3-4-9-23-18-10-14(6-8-19(21)22)5-7-17(18)15-11-16(12-20-2)24-13-15/h5,7,10-11,13,20H,3-4,6,8-9,12H2,1-2H3,(H,21,22). The predicted octanol–water partition coefficient (Wildman–Crippen LogP) is 4.33. The lowest BCUT2D eigenvalue weighted by molar-refractivity contribution is -0.136. The zero-order valence-electron chi connectivity index (χ0n) is 14.3. The van der Waals surface area contributed by atoms with Crippen LogP contribution in [0.4, 0.5) is 0 Å². The molecule has 0 fully saturated rings. The molecule has 0 unspecified atom stereocenters. The number of benzene rings is 1. The summed E-state index contributed by atoms with van der Waals surface area (Å²) >= 11 is 1.73. The number of carboxylic acids is 1. The van der Waals surface area contributed by atoms with E-state index in [0.29, 0.717) is 13.0 Å². The fourth-order valence-electron chi connectivity index (χ4n) is 2.45. The number of carbonyl (C=O) groups is 1. The highest BCUT2D eigenvalue weighted by atomic mass is 32.1. The Morgan fingerprint density at radius 3 is 2.88 bits per heavy atom. The van der Waals surface area contributed by atoms with E-state index in [0.717, 1.165) is 41.8 Å². The Morgan fingerprint density at radius 1 is 1.33 bits per heavy atom. The van der Waals surface area contributed by atoms with Crippen molar-refractivity contribution in [1.82, 2.24) is 5.32 Å². The third-order valence-electron chi connectivity index (χ3n) is 3.74. The van der Waals surface area contributed by atoms with Crippen LogP contribution in [0.5, 0.6) is 5.75 Å². The van der Waals surface area contributed by atoms with E-state index in [2.05, 4.69) is 23.7 Å². The quantitative estimate of drug-likeness (QED) is 0.628. The molecule has 0 radical (unpaired) electrons. The second-order valence-corrected chi connectivity index (χ2v) is 6.75. The van der Waals surface area contributed by atoms with E-state index in [1.807, 2.05) is 25.2 Å². The fraction of sp³-hybridized carbons (Fsp3) is 0.421. The highest BCUT2D eigenvalue weighted by Gasteiger charge is 2.11. The van der Waals surface area contributed by atoms with E-state index in [1.54, 1.807) is 11.3 Å². The van der Waals surface area contributed by atoms with Gasteiger partial charge in [0.25, 0.3) is 0 Å². The van der Waals surface area contributed by atoms with Crippen LogP contribution in [0.2, 0.25) is 0 Å². The molecule has 0 bridgehead atoms. The minimum Gasteiger partial charge on any atom is -0.493 e. The van der Waals surface area contributed by atoms with E-state index in [1.165, 1.54) is 4.88 Å². The number of rotatable bonds is 10. The van der Waals surface area contributed by atoms with Gasteiger partial charge in [-0.3, -0.25) is 4.79 Å². The SMILES string of the molecule is CCCCOc1cc(CCC(=O)O)ccc1-c1csc(CNC)c1. The van der Waals surface area contributed by atoms with Gasteiger partial charge in [0, 0.05) is 23.4 Å². The van der Waals surface area contributed by atoms with Crippen LogP contribution in [0.1, 0.15) is 36.6 Å². The maximum absolute atomic E-state index is 10.8. The molecule has 2 rings (SSSR count). The minimum absolute atomic E-state index is 0.137. The summed E-state index contributed by atoms with van der Waals surface area (Å²) in [5.74, 6) is 0.0715. The summed E-state index contributed by atoms with van der Waals surface area (Å²) in [4.78, 5) is 12.1. The average Bonchev–Trinajstić information content (AvgIpc) is 3.02. The first-order valence-electron chi connectivity index (χ1n) is 8.34. The van der Waals surface area contributed by atoms with Gasteiger partial charge in [-0.25, -0.2) is 0 Å². The van der Waals surface area contributed by atoms with Crippen molar-refractivity contribution in [3.05, 3.63) is 40.1 Å². The van der Waals surface area contributed by atoms with E-state index >= 15 is 0 Å². The van der Waals surface area contributed by atoms with Crippen molar-refractivity contribution < 1.29 is 14.6 Å². The van der Waals surface area contributed by atoms with E-state index < -0.39 is 5.97 Å². The second kappa shape index (κ2) is 9.45. The molecule has 0 aliphatic rings. The van der Waals surface area contributed by atoms with Crippen LogP contribution in [0, 0.1) is 0 Å². The number of thiophene rings is 1. The van der Waals surface area contributed by atoms with Gasteiger partial charge in [-0.1, -0.05) is 25.5 Å². The molecule has 130 valence electrons. The Labute approximate surface area is 147 Å². The summed E-state index contributed by atoms with van der Waals surface area (Å²) < 4.78 is 5.99. The molecule has 1 aromatic carbocycles. The normalized spacial score (nSPS) is 10.8. The van der Waals surface area contributed by atoms with Crippen molar-refractivity contribution in [2.24, 2.45) is 0 Å². The lowest BCUT2D eigenvalue weighted by Crippen LogP contribution is -2.02. The van der Waals surface area contributed by atoms with Gasteiger partial charge >= 0.3 is 5.97 Å². The molecule has 4 nitrogen and oxygen atoms in total. The zero-order chi connectivity index (χ0) is 17.4. The molecule has 1 aromatic heterocycles. The first-order valence-corrected chi connectivity index (χ1v) is 9.22. The highest BCUT2D eigenvalue weighted by molar-refractivity contribution is 7.10. The number of hydrogen-bond donors (Lipinski definition) is 2. The average molecular weight is 347 g/mol. The fourth-order valence-corrected chi connectivity index (χ4v) is 3.34. The van der Waals surface area contributed by atoms with Gasteiger partial charge in [0.1, 0.15) is 5.75 Å². The van der Waals surface area contributed by atoms with Gasteiger partial charge in [-0.05, 0) is 48.5 Å². The van der Waals surface area contributed by atoms with Crippen LogP contribution in [0.25, 0.3) is 11.1 Å². The smallest absolute Gasteiger partial charge is 0.303 e. The third kappa shape index (κ3) is 5.35. The van der Waals surface area contributed by atoms with Crippen molar-refractivity contribution in [3.8, 4) is 16.9 Å². The van der Waals surface area contributed by atoms with Crippen LogP contribution < -0.4 is 10.1 Å². The summed E-state index contributed by atoms with van der Waals surface area (Å²) in [5, 5.41) is 14.2. The Hall–Kier alpha value is -1.85. The zero-order valence-corrected chi connectivity index (χ0v) is 15.1. The molecule has 0 amide bonds. The minimum atomic E-state index is -0.776. The lowest BCUT2D eigenvalue weighted by atomic mass is 10.0. The van der Waals surface area contributed by atoms with Crippen LogP contribution in [-0.2, 0) is 17.8 Å². The van der Waals surface area contributed by atoms with Crippen molar-refractivity contribution in [3.63, 3.8) is 0 Å². The number of aryl methyl sites for hydroxylation is 1. The number of aliphatic carboxylic acids is 1. The number of ether oxygens (including phenoxy) is 1. The summed E-state index contributed by atoms with van der Waals surface area (Å²) in [6, 6.07) is 8.22. The first-order chi connectivity index (χ1) is 11.6. The molecule has 0 atom stereocenters. The molecular formula is C19H25NO3S. The second-order valence-electron chi connectivity index (χ2n) is 5.76. The highest BCUT2D eigenvalue weighted by Crippen LogP contribution is 2.34. The summed E-state index contributed by atoms with van der Waals surface area (Å²) in [5.41, 5.74) is 3.23. The number of unbranched alkanes of at least 4 members (excludes halogenated alkanes) is 1. The van der Waals surface area contributed by atoms with Crippen LogP contribution in [-0.4, -0.2) is 24.7 Å². The molecule has 5 heteroatoms. The lowest BCUT2D eigenvalue weighted by Gasteiger charge is -2.12. The molecule has 0 spiro atoms. The Bertz CT molecular complexity index is 666. The monoisotopic (exact) mass is 347 g/mol. The summed E-state index contributed by atoms with van der Waals surface area (Å²) in [7, 11) is 1.94. The van der Waals surface area contributed by atoms with Crippen LogP contribution in [0.15, 0.2) is 29.6 Å².